The first-order chi connectivity index (χ1) is 17.9. The average Bonchev–Trinajstić information content (AvgIpc) is 2.91. The van der Waals surface area contributed by atoms with E-state index in [-0.39, 0.29) is 37.0 Å². The fourth-order valence-electron chi connectivity index (χ4n) is 4.40. The van der Waals surface area contributed by atoms with Gasteiger partial charge in [0.25, 0.3) is 5.91 Å². The Kier molecular flexibility index (Phi) is 8.50. The molecule has 0 unspecified atom stereocenters. The fourth-order valence-corrected chi connectivity index (χ4v) is 4.40. The highest BCUT2D eigenvalue weighted by Crippen LogP contribution is 2.26. The van der Waals surface area contributed by atoms with Crippen LogP contribution in [0.25, 0.3) is 10.9 Å². The Hall–Kier alpha value is -4.21. The van der Waals surface area contributed by atoms with Crippen molar-refractivity contribution in [2.45, 2.75) is 37.8 Å². The summed E-state index contributed by atoms with van der Waals surface area (Å²) in [6.07, 6.45) is 3.38. The summed E-state index contributed by atoms with van der Waals surface area (Å²) in [5, 5.41) is 12.6. The average molecular weight is 504 g/mol. The van der Waals surface area contributed by atoms with Gasteiger partial charge in [0.2, 0.25) is 17.8 Å². The second-order valence-electron chi connectivity index (χ2n) is 9.37. The largest absolute Gasteiger partial charge is 0.362 e. The molecule has 0 bridgehead atoms. The zero-order valence-electron chi connectivity index (χ0n) is 21.2. The minimum Gasteiger partial charge on any atom is -0.362 e. The van der Waals surface area contributed by atoms with Crippen LogP contribution in [0.15, 0.2) is 54.6 Å². The lowest BCUT2D eigenvalue weighted by Gasteiger charge is -2.30. The second-order valence-corrected chi connectivity index (χ2v) is 9.37. The number of benzene rings is 2. The Bertz CT molecular complexity index is 1240. The normalized spacial score (nSPS) is 17.0. The molecule has 0 atom stereocenters. The van der Waals surface area contributed by atoms with E-state index in [1.165, 1.54) is 0 Å². The van der Waals surface area contributed by atoms with Crippen LogP contribution in [0.4, 0.5) is 11.8 Å². The number of amides is 3. The molecule has 1 heterocycles. The molecule has 1 aliphatic rings. The van der Waals surface area contributed by atoms with Crippen LogP contribution >= 0.6 is 0 Å². The Morgan fingerprint density at radius 1 is 0.811 bits per heavy atom. The van der Waals surface area contributed by atoms with Gasteiger partial charge in [0, 0.05) is 37.1 Å². The molecule has 0 saturated heterocycles. The van der Waals surface area contributed by atoms with Crippen LogP contribution in [0.2, 0.25) is 0 Å². The minimum absolute atomic E-state index is 0.0510. The summed E-state index contributed by atoms with van der Waals surface area (Å²) in [7, 11) is 3.94. The van der Waals surface area contributed by atoms with Crippen molar-refractivity contribution in [2.24, 2.45) is 0 Å². The van der Waals surface area contributed by atoms with Crippen molar-refractivity contribution in [3.8, 4) is 0 Å². The summed E-state index contributed by atoms with van der Waals surface area (Å²) in [5.74, 6) is 0.484. The number of rotatable bonds is 9. The molecule has 0 radical (unpaired) electrons. The van der Waals surface area contributed by atoms with Crippen LogP contribution in [0.5, 0.6) is 0 Å². The molecule has 1 aliphatic carbocycles. The number of nitrogens with zero attached hydrogens (tertiary/aromatic N) is 3. The third-order valence-electron chi connectivity index (χ3n) is 6.32. The number of carbonyl (C=O) groups excluding carboxylic acids is 3. The van der Waals surface area contributed by atoms with Gasteiger partial charge in [-0.2, -0.15) is 4.98 Å². The summed E-state index contributed by atoms with van der Waals surface area (Å²) in [4.78, 5) is 47.7. The molecule has 10 heteroatoms. The van der Waals surface area contributed by atoms with Crippen molar-refractivity contribution in [3.05, 3.63) is 60.2 Å². The molecule has 194 valence electrons. The number of carbonyl (C=O) groups is 3. The topological polar surface area (TPSA) is 128 Å². The monoisotopic (exact) mass is 503 g/mol. The number of anilines is 2. The van der Waals surface area contributed by atoms with Crippen molar-refractivity contribution < 1.29 is 14.4 Å². The number of nitrogens with one attached hydrogen (secondary N) is 4. The highest BCUT2D eigenvalue weighted by molar-refractivity contribution is 5.96. The molecule has 1 fully saturated rings. The van der Waals surface area contributed by atoms with Gasteiger partial charge in [-0.05, 0) is 49.9 Å². The van der Waals surface area contributed by atoms with Gasteiger partial charge in [0.15, 0.2) is 0 Å². The van der Waals surface area contributed by atoms with Gasteiger partial charge in [-0.1, -0.05) is 30.3 Å². The SMILES string of the molecule is CN(C)c1nc(NC2CCC(NC(=O)CNC(=O)CNC(=O)c3ccccc3)CC2)nc2ccccc12. The lowest BCUT2D eigenvalue weighted by molar-refractivity contribution is -0.126. The van der Waals surface area contributed by atoms with E-state index in [1.54, 1.807) is 24.3 Å². The predicted molar refractivity (Wildman–Crippen MR) is 143 cm³/mol. The maximum atomic E-state index is 12.3. The summed E-state index contributed by atoms with van der Waals surface area (Å²) in [6.45, 7) is -0.319. The second kappa shape index (κ2) is 12.2. The highest BCUT2D eigenvalue weighted by atomic mass is 16.2. The quantitative estimate of drug-likeness (QED) is 0.352. The number of hydrogen-bond donors (Lipinski definition) is 4. The Labute approximate surface area is 216 Å². The van der Waals surface area contributed by atoms with E-state index in [1.807, 2.05) is 49.3 Å². The van der Waals surface area contributed by atoms with Crippen molar-refractivity contribution in [1.29, 1.82) is 0 Å². The first-order valence-corrected chi connectivity index (χ1v) is 12.5. The van der Waals surface area contributed by atoms with E-state index in [0.717, 1.165) is 42.4 Å². The molecule has 3 aromatic rings. The number of aromatic nitrogens is 2. The van der Waals surface area contributed by atoms with Gasteiger partial charge in [-0.15, -0.1) is 0 Å². The zero-order valence-corrected chi connectivity index (χ0v) is 21.2. The van der Waals surface area contributed by atoms with E-state index >= 15 is 0 Å². The van der Waals surface area contributed by atoms with E-state index in [9.17, 15) is 14.4 Å². The van der Waals surface area contributed by atoms with Crippen LogP contribution in [-0.4, -0.2) is 67.0 Å². The van der Waals surface area contributed by atoms with Gasteiger partial charge < -0.3 is 26.2 Å². The van der Waals surface area contributed by atoms with Crippen LogP contribution < -0.4 is 26.2 Å². The lowest BCUT2D eigenvalue weighted by Crippen LogP contribution is -2.46. The third-order valence-corrected chi connectivity index (χ3v) is 6.32. The van der Waals surface area contributed by atoms with Crippen LogP contribution in [0, 0.1) is 0 Å². The molecule has 3 amide bonds. The molecular formula is C27H33N7O3. The molecule has 37 heavy (non-hydrogen) atoms. The first-order valence-electron chi connectivity index (χ1n) is 12.5. The molecule has 0 spiro atoms. The number of para-hydroxylation sites is 1. The fraction of sp³-hybridized carbons (Fsp3) is 0.370. The Morgan fingerprint density at radius 2 is 1.46 bits per heavy atom. The van der Waals surface area contributed by atoms with Gasteiger partial charge in [-0.3, -0.25) is 14.4 Å². The minimum atomic E-state index is -0.417. The van der Waals surface area contributed by atoms with Crippen LogP contribution in [-0.2, 0) is 9.59 Å². The molecule has 2 aromatic carbocycles. The molecule has 0 aliphatic heterocycles. The molecular weight excluding hydrogens is 470 g/mol. The Morgan fingerprint density at radius 3 is 2.19 bits per heavy atom. The van der Waals surface area contributed by atoms with Crippen molar-refractivity contribution >= 4 is 40.4 Å². The van der Waals surface area contributed by atoms with Gasteiger partial charge in [0.1, 0.15) is 5.82 Å². The number of fused-ring (bicyclic) bond motifs is 1. The van der Waals surface area contributed by atoms with Crippen LogP contribution in [0.1, 0.15) is 36.0 Å². The zero-order chi connectivity index (χ0) is 26.2. The molecule has 1 saturated carbocycles. The molecule has 4 rings (SSSR count). The van der Waals surface area contributed by atoms with E-state index < -0.39 is 5.91 Å². The van der Waals surface area contributed by atoms with Crippen molar-refractivity contribution in [3.63, 3.8) is 0 Å². The summed E-state index contributed by atoms with van der Waals surface area (Å²) >= 11 is 0. The maximum absolute atomic E-state index is 12.3. The highest BCUT2D eigenvalue weighted by Gasteiger charge is 2.23. The molecule has 1 aromatic heterocycles. The Balaban J connectivity index is 1.18. The van der Waals surface area contributed by atoms with Crippen molar-refractivity contribution in [1.82, 2.24) is 25.9 Å². The van der Waals surface area contributed by atoms with E-state index in [2.05, 4.69) is 26.3 Å². The standard InChI is InChI=1S/C27H33N7O3/c1-34(2)25-21-10-6-7-11-22(21)32-27(33-25)31-20-14-12-19(13-15-20)30-24(36)17-28-23(35)16-29-26(37)18-8-4-3-5-9-18/h3-11,19-20H,12-17H2,1-2H3,(H,28,35)(H,29,37)(H,30,36)(H,31,32,33). The van der Waals surface area contributed by atoms with Gasteiger partial charge in [-0.25, -0.2) is 4.98 Å². The first kappa shape index (κ1) is 25.9. The van der Waals surface area contributed by atoms with E-state index in [4.69, 9.17) is 4.98 Å². The van der Waals surface area contributed by atoms with Gasteiger partial charge >= 0.3 is 0 Å². The summed E-state index contributed by atoms with van der Waals surface area (Å²) < 4.78 is 0. The lowest BCUT2D eigenvalue weighted by atomic mass is 9.91. The third kappa shape index (κ3) is 7.16. The molecule has 4 N–H and O–H groups in total. The molecule has 10 nitrogen and oxygen atoms in total. The summed E-state index contributed by atoms with van der Waals surface area (Å²) in [6, 6.07) is 16.9. The smallest absolute Gasteiger partial charge is 0.251 e. The summed E-state index contributed by atoms with van der Waals surface area (Å²) in [5.41, 5.74) is 1.37. The number of hydrogen-bond acceptors (Lipinski definition) is 7. The van der Waals surface area contributed by atoms with E-state index in [0.29, 0.717) is 11.5 Å². The van der Waals surface area contributed by atoms with Crippen LogP contribution in [0.3, 0.4) is 0 Å². The van der Waals surface area contributed by atoms with Gasteiger partial charge in [0.05, 0.1) is 18.6 Å². The predicted octanol–water partition coefficient (Wildman–Crippen LogP) is 2.08. The maximum Gasteiger partial charge on any atom is 0.251 e. The van der Waals surface area contributed by atoms with Crippen molar-refractivity contribution in [2.75, 3.05) is 37.4 Å².